The van der Waals surface area contributed by atoms with E-state index in [0.29, 0.717) is 37.6 Å². The summed E-state index contributed by atoms with van der Waals surface area (Å²) in [4.78, 5) is 20.5. The lowest BCUT2D eigenvalue weighted by atomic mass is 10.1. The summed E-state index contributed by atoms with van der Waals surface area (Å²) in [5.74, 6) is 0.505. The van der Waals surface area contributed by atoms with Gasteiger partial charge in [-0.25, -0.2) is 0 Å². The van der Waals surface area contributed by atoms with Crippen LogP contribution in [0, 0.1) is 0 Å². The number of likely N-dealkylation sites (tertiary alicyclic amines) is 1. The molecule has 0 radical (unpaired) electrons. The van der Waals surface area contributed by atoms with E-state index in [1.807, 2.05) is 19.1 Å². The van der Waals surface area contributed by atoms with Crippen LogP contribution < -0.4 is 0 Å². The van der Waals surface area contributed by atoms with Gasteiger partial charge in [0.2, 0.25) is 0 Å². The van der Waals surface area contributed by atoms with Gasteiger partial charge in [-0.05, 0) is 44.0 Å². The van der Waals surface area contributed by atoms with Crippen molar-refractivity contribution in [3.05, 3.63) is 47.6 Å². The van der Waals surface area contributed by atoms with E-state index in [2.05, 4.69) is 15.0 Å². The van der Waals surface area contributed by atoms with Gasteiger partial charge >= 0.3 is 0 Å². The van der Waals surface area contributed by atoms with Gasteiger partial charge in [0.1, 0.15) is 0 Å². The summed E-state index contributed by atoms with van der Waals surface area (Å²) >= 11 is 0. The summed E-state index contributed by atoms with van der Waals surface area (Å²) in [7, 11) is 0. The molecule has 2 aromatic heterocycles. The van der Waals surface area contributed by atoms with E-state index in [1.165, 1.54) is 0 Å². The summed E-state index contributed by atoms with van der Waals surface area (Å²) in [6.45, 7) is 5.15. The molecular weight excluding hydrogens is 320 g/mol. The third-order valence-electron chi connectivity index (χ3n) is 4.43. The van der Waals surface area contributed by atoms with Crippen molar-refractivity contribution in [2.45, 2.75) is 39.0 Å². The molecule has 3 rings (SSSR count). The van der Waals surface area contributed by atoms with Gasteiger partial charge < -0.3 is 14.5 Å². The summed E-state index contributed by atoms with van der Waals surface area (Å²) < 4.78 is 5.34. The summed E-state index contributed by atoms with van der Waals surface area (Å²) in [6, 6.07) is 5.50. The molecule has 2 aromatic rings. The molecule has 1 aliphatic rings. The van der Waals surface area contributed by atoms with E-state index in [4.69, 9.17) is 4.52 Å². The zero-order chi connectivity index (χ0) is 17.6. The van der Waals surface area contributed by atoms with Crippen molar-refractivity contribution in [2.75, 3.05) is 19.6 Å². The first-order valence-corrected chi connectivity index (χ1v) is 8.70. The Bertz CT molecular complexity index is 689. The van der Waals surface area contributed by atoms with Crippen LogP contribution in [-0.2, 0) is 13.1 Å². The molecule has 3 heterocycles. The summed E-state index contributed by atoms with van der Waals surface area (Å²) in [5.41, 5.74) is 1.35. The smallest absolute Gasteiger partial charge is 0.276 e. The van der Waals surface area contributed by atoms with Crippen LogP contribution in [0.25, 0.3) is 0 Å². The minimum Gasteiger partial charge on any atom is -0.392 e. The van der Waals surface area contributed by atoms with E-state index >= 15 is 0 Å². The quantitative estimate of drug-likeness (QED) is 0.859. The maximum Gasteiger partial charge on any atom is 0.276 e. The lowest BCUT2D eigenvalue weighted by Crippen LogP contribution is -2.37. The van der Waals surface area contributed by atoms with Crippen LogP contribution in [0.3, 0.4) is 0 Å². The van der Waals surface area contributed by atoms with E-state index in [9.17, 15) is 9.90 Å². The number of β-amino-alcohol motifs (C(OH)–C–C–N with tert-alkyl or cyclic N) is 1. The minimum atomic E-state index is -0.284. The standard InChI is InChI=1S/C18H24N4O3/c1-2-22(11-14-5-7-19-8-6-14)18(24)17-10-16(25-20-17)13-21-9-3-4-15(23)12-21/h5-8,10,15,23H,2-4,9,11-13H2,1H3. The van der Waals surface area contributed by atoms with Crippen LogP contribution in [0.5, 0.6) is 0 Å². The van der Waals surface area contributed by atoms with Gasteiger partial charge in [0, 0.05) is 38.1 Å². The van der Waals surface area contributed by atoms with E-state index < -0.39 is 0 Å². The van der Waals surface area contributed by atoms with Crippen molar-refractivity contribution in [3.63, 3.8) is 0 Å². The topological polar surface area (TPSA) is 82.7 Å². The highest BCUT2D eigenvalue weighted by Crippen LogP contribution is 2.16. The number of amides is 1. The molecule has 7 heteroatoms. The number of hydrogen-bond donors (Lipinski definition) is 1. The van der Waals surface area contributed by atoms with Crippen LogP contribution in [0.15, 0.2) is 35.1 Å². The second-order valence-electron chi connectivity index (χ2n) is 6.38. The Kier molecular flexibility index (Phi) is 5.78. The Labute approximate surface area is 147 Å². The van der Waals surface area contributed by atoms with Crippen LogP contribution in [-0.4, -0.2) is 56.7 Å². The molecule has 1 saturated heterocycles. The molecule has 0 saturated carbocycles. The molecule has 0 bridgehead atoms. The highest BCUT2D eigenvalue weighted by molar-refractivity contribution is 5.92. The Balaban J connectivity index is 1.62. The van der Waals surface area contributed by atoms with E-state index in [0.717, 1.165) is 24.9 Å². The van der Waals surface area contributed by atoms with E-state index in [-0.39, 0.29) is 12.0 Å². The number of aromatic nitrogens is 2. The number of nitrogens with zero attached hydrogens (tertiary/aromatic N) is 4. The molecule has 1 aliphatic heterocycles. The Morgan fingerprint density at radius 1 is 1.44 bits per heavy atom. The number of aliphatic hydroxyl groups excluding tert-OH is 1. The minimum absolute atomic E-state index is 0.145. The Morgan fingerprint density at radius 3 is 2.96 bits per heavy atom. The first kappa shape index (κ1) is 17.6. The van der Waals surface area contributed by atoms with Gasteiger partial charge in [-0.15, -0.1) is 0 Å². The molecule has 1 fully saturated rings. The highest BCUT2D eigenvalue weighted by Gasteiger charge is 2.22. The first-order chi connectivity index (χ1) is 12.2. The lowest BCUT2D eigenvalue weighted by Gasteiger charge is -2.28. The second kappa shape index (κ2) is 8.22. The van der Waals surface area contributed by atoms with Crippen molar-refractivity contribution >= 4 is 5.91 Å². The molecule has 1 unspecified atom stereocenters. The molecule has 1 amide bonds. The average molecular weight is 344 g/mol. The van der Waals surface area contributed by atoms with Gasteiger partial charge in [-0.2, -0.15) is 0 Å². The normalized spacial score (nSPS) is 18.2. The molecule has 0 aromatic carbocycles. The molecule has 25 heavy (non-hydrogen) atoms. The molecule has 1 N–H and O–H groups in total. The monoisotopic (exact) mass is 344 g/mol. The zero-order valence-corrected chi connectivity index (χ0v) is 14.5. The maximum absolute atomic E-state index is 12.7. The van der Waals surface area contributed by atoms with Crippen molar-refractivity contribution in [1.29, 1.82) is 0 Å². The molecule has 134 valence electrons. The summed E-state index contributed by atoms with van der Waals surface area (Å²) in [6.07, 6.45) is 4.96. The highest BCUT2D eigenvalue weighted by atomic mass is 16.5. The van der Waals surface area contributed by atoms with E-state index in [1.54, 1.807) is 23.4 Å². The van der Waals surface area contributed by atoms with Crippen LogP contribution in [0.1, 0.15) is 41.6 Å². The maximum atomic E-state index is 12.7. The fraction of sp³-hybridized carbons (Fsp3) is 0.500. The largest absolute Gasteiger partial charge is 0.392 e. The predicted molar refractivity (Wildman–Crippen MR) is 91.7 cm³/mol. The predicted octanol–water partition coefficient (Wildman–Crippen LogP) is 1.69. The number of carbonyl (C=O) groups is 1. The fourth-order valence-corrected chi connectivity index (χ4v) is 3.08. The molecule has 7 nitrogen and oxygen atoms in total. The molecule has 1 atom stereocenters. The van der Waals surface area contributed by atoms with Crippen molar-refractivity contribution in [2.24, 2.45) is 0 Å². The van der Waals surface area contributed by atoms with Crippen molar-refractivity contribution in [1.82, 2.24) is 19.9 Å². The zero-order valence-electron chi connectivity index (χ0n) is 14.5. The number of pyridine rings is 1. The first-order valence-electron chi connectivity index (χ1n) is 8.70. The Morgan fingerprint density at radius 2 is 2.24 bits per heavy atom. The van der Waals surface area contributed by atoms with Crippen LogP contribution >= 0.6 is 0 Å². The third-order valence-corrected chi connectivity index (χ3v) is 4.43. The lowest BCUT2D eigenvalue weighted by molar-refractivity contribution is 0.0622. The van der Waals surface area contributed by atoms with Gasteiger partial charge in [-0.1, -0.05) is 5.16 Å². The number of carbonyl (C=O) groups excluding carboxylic acids is 1. The molecule has 0 aliphatic carbocycles. The fourth-order valence-electron chi connectivity index (χ4n) is 3.08. The van der Waals surface area contributed by atoms with Gasteiger partial charge in [0.15, 0.2) is 11.5 Å². The van der Waals surface area contributed by atoms with Crippen molar-refractivity contribution in [3.8, 4) is 0 Å². The number of aliphatic hydroxyl groups is 1. The average Bonchev–Trinajstić information content (AvgIpc) is 3.08. The summed E-state index contributed by atoms with van der Waals surface area (Å²) in [5, 5.41) is 13.7. The molecule has 0 spiro atoms. The third kappa shape index (κ3) is 4.64. The number of hydrogen-bond acceptors (Lipinski definition) is 6. The van der Waals surface area contributed by atoms with Crippen molar-refractivity contribution < 1.29 is 14.4 Å². The van der Waals surface area contributed by atoms with Gasteiger partial charge in [0.05, 0.1) is 12.6 Å². The number of rotatable bonds is 6. The SMILES string of the molecule is CCN(Cc1ccncc1)C(=O)c1cc(CN2CCCC(O)C2)on1. The second-order valence-corrected chi connectivity index (χ2v) is 6.38. The van der Waals surface area contributed by atoms with Crippen LogP contribution in [0.2, 0.25) is 0 Å². The van der Waals surface area contributed by atoms with Gasteiger partial charge in [-0.3, -0.25) is 14.7 Å². The van der Waals surface area contributed by atoms with Gasteiger partial charge in [0.25, 0.3) is 5.91 Å². The Hall–Kier alpha value is -2.25. The van der Waals surface area contributed by atoms with Crippen LogP contribution in [0.4, 0.5) is 0 Å². The number of piperidine rings is 1. The molecular formula is C18H24N4O3.